The molecule has 0 aliphatic rings. The lowest BCUT2D eigenvalue weighted by Crippen LogP contribution is -2.47. The number of hydrogen-bond acceptors (Lipinski definition) is 5. The van der Waals surface area contributed by atoms with E-state index in [1.54, 1.807) is 0 Å². The maximum Gasteiger partial charge on any atom is 0.440 e. The molecule has 0 aromatic heterocycles. The van der Waals surface area contributed by atoms with Crippen LogP contribution in [0.1, 0.15) is 37.6 Å². The highest BCUT2D eigenvalue weighted by Gasteiger charge is 2.56. The topological polar surface area (TPSA) is 95.5 Å². The monoisotopic (exact) mass is 362 g/mol. The van der Waals surface area contributed by atoms with E-state index in [0.29, 0.717) is 0 Å². The number of esters is 1. The highest BCUT2D eigenvalue weighted by molar-refractivity contribution is 5.90. The van der Waals surface area contributed by atoms with Crippen molar-refractivity contribution in [2.24, 2.45) is 5.73 Å². The van der Waals surface area contributed by atoms with Gasteiger partial charge in [0.2, 0.25) is 0 Å². The van der Waals surface area contributed by atoms with E-state index < -0.39 is 29.1 Å². The number of alkyl halides is 3. The first-order valence-corrected chi connectivity index (χ1v) is 7.27. The van der Waals surface area contributed by atoms with Crippen molar-refractivity contribution in [2.75, 3.05) is 7.05 Å². The Balaban J connectivity index is 0. The van der Waals surface area contributed by atoms with Crippen molar-refractivity contribution in [1.29, 1.82) is 0 Å². The molecule has 0 spiro atoms. The molecule has 1 unspecified atom stereocenters. The third kappa shape index (κ3) is 6.43. The first kappa shape index (κ1) is 24.6. The lowest BCUT2D eigenvalue weighted by molar-refractivity contribution is -0.384. The highest BCUT2D eigenvalue weighted by Crippen LogP contribution is 2.36. The Labute approximate surface area is 144 Å². The van der Waals surface area contributed by atoms with Gasteiger partial charge >= 0.3 is 12.1 Å². The summed E-state index contributed by atoms with van der Waals surface area (Å²) in [5.41, 5.74) is 0.908. The van der Waals surface area contributed by atoms with Crippen molar-refractivity contribution in [3.8, 4) is 12.3 Å². The summed E-state index contributed by atoms with van der Waals surface area (Å²) in [4.78, 5) is 21.5. The van der Waals surface area contributed by atoms with Gasteiger partial charge in [-0.15, -0.1) is 6.42 Å². The number of terminal acetylenes is 1. The van der Waals surface area contributed by atoms with Gasteiger partial charge in [0, 0.05) is 18.6 Å². The van der Waals surface area contributed by atoms with Gasteiger partial charge in [-0.25, -0.2) is 4.79 Å². The molecule has 0 aliphatic carbocycles. The molecule has 1 aromatic carbocycles. The largest absolute Gasteiger partial charge is 0.440 e. The summed E-state index contributed by atoms with van der Waals surface area (Å²) in [6.07, 6.45) is -0.713. The standard InChI is InChI=1S/C13H10F3NO4.C2H6.CH5N/c1-3-12(4-2,13(14,15)16)21-11(18)9-5-7-10(8-6-9)17(19)20;2*1-2/h1,5-8H,4H2,2H3;1-2H3;2H2,1H3. The van der Waals surface area contributed by atoms with E-state index in [1.807, 2.05) is 13.8 Å². The smallest absolute Gasteiger partial charge is 0.432 e. The number of ether oxygens (including phenoxy) is 1. The number of carbonyl (C=O) groups is 1. The molecule has 0 saturated carbocycles. The van der Waals surface area contributed by atoms with Crippen molar-refractivity contribution in [1.82, 2.24) is 0 Å². The molecule has 0 radical (unpaired) electrons. The molecule has 9 heteroatoms. The Hall–Kier alpha value is -2.60. The molecular weight excluding hydrogens is 341 g/mol. The van der Waals surface area contributed by atoms with Gasteiger partial charge in [0.25, 0.3) is 11.3 Å². The Morgan fingerprint density at radius 3 is 2.00 bits per heavy atom. The highest BCUT2D eigenvalue weighted by atomic mass is 19.4. The number of halogens is 3. The molecule has 2 N–H and O–H groups in total. The fourth-order valence-corrected chi connectivity index (χ4v) is 1.48. The van der Waals surface area contributed by atoms with Crippen molar-refractivity contribution < 1.29 is 27.6 Å². The summed E-state index contributed by atoms with van der Waals surface area (Å²) in [5.74, 6) is 0.156. The van der Waals surface area contributed by atoms with E-state index in [0.717, 1.165) is 31.2 Å². The van der Waals surface area contributed by atoms with Gasteiger partial charge in [0.15, 0.2) is 0 Å². The summed E-state index contributed by atoms with van der Waals surface area (Å²) in [7, 11) is 1.50. The Bertz CT molecular complexity index is 595. The maximum absolute atomic E-state index is 12.9. The average molecular weight is 362 g/mol. The van der Waals surface area contributed by atoms with Gasteiger partial charge in [-0.2, -0.15) is 13.2 Å². The van der Waals surface area contributed by atoms with Crippen LogP contribution in [0.25, 0.3) is 0 Å². The molecule has 0 heterocycles. The van der Waals surface area contributed by atoms with E-state index in [-0.39, 0.29) is 11.3 Å². The normalized spacial score (nSPS) is 12.1. The van der Waals surface area contributed by atoms with Crippen LogP contribution in [0, 0.1) is 22.5 Å². The van der Waals surface area contributed by atoms with Crippen LogP contribution in [0.3, 0.4) is 0 Å². The zero-order valence-electron chi connectivity index (χ0n) is 14.4. The summed E-state index contributed by atoms with van der Waals surface area (Å²) in [5, 5.41) is 10.4. The Morgan fingerprint density at radius 2 is 1.72 bits per heavy atom. The lowest BCUT2D eigenvalue weighted by atomic mass is 10.0. The van der Waals surface area contributed by atoms with Gasteiger partial charge in [0.05, 0.1) is 10.5 Å². The summed E-state index contributed by atoms with van der Waals surface area (Å²) in [6.45, 7) is 5.14. The van der Waals surface area contributed by atoms with Crippen molar-refractivity contribution >= 4 is 11.7 Å². The van der Waals surface area contributed by atoms with Crippen molar-refractivity contribution in [3.05, 3.63) is 39.9 Å². The maximum atomic E-state index is 12.9. The SMILES string of the molecule is C#CC(CC)(OC(=O)c1ccc([N+](=O)[O-])cc1)C(F)(F)F.CC.CN. The predicted molar refractivity (Wildman–Crippen MR) is 87.9 cm³/mol. The second kappa shape index (κ2) is 11.0. The second-order valence-electron chi connectivity index (χ2n) is 4.02. The van der Waals surface area contributed by atoms with Crippen LogP contribution >= 0.6 is 0 Å². The van der Waals surface area contributed by atoms with Crippen LogP contribution in [-0.2, 0) is 4.74 Å². The van der Waals surface area contributed by atoms with Gasteiger partial charge in [-0.05, 0) is 25.1 Å². The van der Waals surface area contributed by atoms with E-state index in [9.17, 15) is 28.1 Å². The third-order valence-corrected chi connectivity index (χ3v) is 2.77. The fraction of sp³-hybridized carbons (Fsp3) is 0.438. The number of carbonyl (C=O) groups excluding carboxylic acids is 1. The molecule has 0 aliphatic heterocycles. The molecule has 0 fully saturated rings. The van der Waals surface area contributed by atoms with Crippen LogP contribution < -0.4 is 5.73 Å². The minimum absolute atomic E-state index is 0.266. The van der Waals surface area contributed by atoms with Crippen LogP contribution in [-0.4, -0.2) is 29.7 Å². The van der Waals surface area contributed by atoms with E-state index in [1.165, 1.54) is 13.0 Å². The summed E-state index contributed by atoms with van der Waals surface area (Å²) >= 11 is 0. The number of nitro groups is 1. The summed E-state index contributed by atoms with van der Waals surface area (Å²) in [6, 6.07) is 3.95. The first-order chi connectivity index (χ1) is 11.7. The van der Waals surface area contributed by atoms with E-state index in [2.05, 4.69) is 10.5 Å². The number of nitrogens with two attached hydrogens (primary N) is 1. The van der Waals surface area contributed by atoms with Crippen molar-refractivity contribution in [2.45, 2.75) is 39.0 Å². The number of hydrogen-bond donors (Lipinski definition) is 1. The molecule has 6 nitrogen and oxygen atoms in total. The molecule has 140 valence electrons. The zero-order chi connectivity index (χ0) is 20.3. The minimum atomic E-state index is -4.92. The Kier molecular flexibility index (Phi) is 10.9. The lowest BCUT2D eigenvalue weighted by Gasteiger charge is -2.29. The average Bonchev–Trinajstić information content (AvgIpc) is 2.62. The number of nitrogens with zero attached hydrogens (tertiary/aromatic N) is 1. The van der Waals surface area contributed by atoms with E-state index >= 15 is 0 Å². The number of non-ortho nitro benzene ring substituents is 1. The van der Waals surface area contributed by atoms with E-state index in [4.69, 9.17) is 6.42 Å². The van der Waals surface area contributed by atoms with Crippen molar-refractivity contribution in [3.63, 3.8) is 0 Å². The Morgan fingerprint density at radius 1 is 1.28 bits per heavy atom. The minimum Gasteiger partial charge on any atom is -0.432 e. The predicted octanol–water partition coefficient (Wildman–Crippen LogP) is 3.70. The van der Waals surface area contributed by atoms with Crippen LogP contribution in [0.2, 0.25) is 0 Å². The number of rotatable bonds is 4. The molecule has 1 rings (SSSR count). The molecule has 25 heavy (non-hydrogen) atoms. The molecule has 0 amide bonds. The number of benzene rings is 1. The van der Waals surface area contributed by atoms with Gasteiger partial charge in [0.1, 0.15) is 0 Å². The third-order valence-electron chi connectivity index (χ3n) is 2.77. The molecule has 1 aromatic rings. The van der Waals surface area contributed by atoms with Gasteiger partial charge in [-0.1, -0.05) is 20.8 Å². The van der Waals surface area contributed by atoms with Crippen LogP contribution in [0.5, 0.6) is 0 Å². The molecule has 0 saturated heterocycles. The quantitative estimate of drug-likeness (QED) is 0.381. The fourth-order valence-electron chi connectivity index (χ4n) is 1.48. The first-order valence-electron chi connectivity index (χ1n) is 7.27. The number of nitro benzene ring substituents is 1. The molecule has 1 atom stereocenters. The van der Waals surface area contributed by atoms with Gasteiger partial charge < -0.3 is 10.5 Å². The van der Waals surface area contributed by atoms with Gasteiger partial charge in [-0.3, -0.25) is 10.1 Å². The summed E-state index contributed by atoms with van der Waals surface area (Å²) < 4.78 is 43.2. The van der Waals surface area contributed by atoms with Crippen LogP contribution in [0.4, 0.5) is 18.9 Å². The molecular formula is C16H21F3N2O4. The van der Waals surface area contributed by atoms with Crippen LogP contribution in [0.15, 0.2) is 24.3 Å². The molecule has 0 bridgehead atoms. The zero-order valence-corrected chi connectivity index (χ0v) is 14.4. The second-order valence-corrected chi connectivity index (χ2v) is 4.02.